The number of hydrogen-bond donors (Lipinski definition) is 3. The molecule has 0 atom stereocenters. The molecule has 3 N–H and O–H groups in total. The lowest BCUT2D eigenvalue weighted by Gasteiger charge is -2.09. The first-order chi connectivity index (χ1) is 9.99. The molecule has 0 radical (unpaired) electrons. The third-order valence-electron chi connectivity index (χ3n) is 2.61. The number of hydrazine groups is 1. The first-order valence-corrected chi connectivity index (χ1v) is 6.62. The molecule has 5 nitrogen and oxygen atoms in total. The van der Waals surface area contributed by atoms with E-state index in [-0.39, 0.29) is 16.9 Å². The van der Waals surface area contributed by atoms with Crippen molar-refractivity contribution in [1.29, 1.82) is 0 Å². The van der Waals surface area contributed by atoms with E-state index in [1.165, 1.54) is 24.3 Å². The highest BCUT2D eigenvalue weighted by Gasteiger charge is 2.14. The van der Waals surface area contributed by atoms with Crippen LogP contribution in [-0.2, 0) is 0 Å². The van der Waals surface area contributed by atoms with Gasteiger partial charge in [-0.05, 0) is 46.3 Å². The smallest absolute Gasteiger partial charge is 0.273 e. The highest BCUT2D eigenvalue weighted by Crippen LogP contribution is 2.18. The minimum Gasteiger partial charge on any atom is -0.507 e. The molecule has 0 aliphatic rings. The molecule has 0 saturated carbocycles. The molecule has 0 heterocycles. The van der Waals surface area contributed by atoms with Gasteiger partial charge in [-0.2, -0.15) is 0 Å². The quantitative estimate of drug-likeness (QED) is 0.726. The van der Waals surface area contributed by atoms with Gasteiger partial charge in [-0.1, -0.05) is 12.1 Å². The largest absolute Gasteiger partial charge is 0.507 e. The lowest BCUT2D eigenvalue weighted by Crippen LogP contribution is -2.41. The number of rotatable bonds is 2. The molecule has 0 saturated heterocycles. The fourth-order valence-electron chi connectivity index (χ4n) is 1.59. The predicted octanol–water partition coefficient (Wildman–Crippen LogP) is 2.37. The summed E-state index contributed by atoms with van der Waals surface area (Å²) < 4.78 is 13.5. The summed E-state index contributed by atoms with van der Waals surface area (Å²) in [6.07, 6.45) is 0. The van der Waals surface area contributed by atoms with Gasteiger partial charge >= 0.3 is 0 Å². The minimum atomic E-state index is -0.690. The summed E-state index contributed by atoms with van der Waals surface area (Å²) in [4.78, 5) is 23.6. The number of aromatic hydroxyl groups is 1. The van der Waals surface area contributed by atoms with E-state index in [2.05, 4.69) is 26.8 Å². The van der Waals surface area contributed by atoms with Crippen molar-refractivity contribution in [3.8, 4) is 5.75 Å². The molecule has 108 valence electrons. The van der Waals surface area contributed by atoms with Crippen LogP contribution < -0.4 is 10.9 Å². The number of amides is 2. The van der Waals surface area contributed by atoms with Gasteiger partial charge in [0.25, 0.3) is 11.8 Å². The van der Waals surface area contributed by atoms with Crippen LogP contribution in [0.25, 0.3) is 0 Å². The van der Waals surface area contributed by atoms with Gasteiger partial charge in [0.1, 0.15) is 11.6 Å². The zero-order chi connectivity index (χ0) is 15.4. The summed E-state index contributed by atoms with van der Waals surface area (Å²) in [5.74, 6) is -2.16. The van der Waals surface area contributed by atoms with Gasteiger partial charge in [-0.3, -0.25) is 20.4 Å². The van der Waals surface area contributed by atoms with Crippen molar-refractivity contribution < 1.29 is 19.1 Å². The number of hydrogen-bond acceptors (Lipinski definition) is 3. The normalized spacial score (nSPS) is 10.0. The molecule has 2 aromatic rings. The third kappa shape index (κ3) is 3.57. The number of nitrogens with one attached hydrogen (secondary N) is 2. The summed E-state index contributed by atoms with van der Waals surface area (Å²) in [5, 5.41) is 9.51. The Morgan fingerprint density at radius 3 is 2.29 bits per heavy atom. The Morgan fingerprint density at radius 2 is 1.62 bits per heavy atom. The average molecular weight is 353 g/mol. The molecular formula is C14H10BrFN2O3. The maximum Gasteiger partial charge on any atom is 0.273 e. The zero-order valence-corrected chi connectivity index (χ0v) is 12.1. The van der Waals surface area contributed by atoms with Crippen molar-refractivity contribution in [3.05, 3.63) is 63.9 Å². The van der Waals surface area contributed by atoms with E-state index in [0.717, 1.165) is 6.07 Å². The Hall–Kier alpha value is -2.41. The molecule has 0 aliphatic carbocycles. The van der Waals surface area contributed by atoms with Gasteiger partial charge in [-0.25, -0.2) is 4.39 Å². The van der Waals surface area contributed by atoms with Crippen LogP contribution >= 0.6 is 15.9 Å². The fraction of sp³-hybridized carbons (Fsp3) is 0. The maximum absolute atomic E-state index is 13.1. The topological polar surface area (TPSA) is 78.4 Å². The van der Waals surface area contributed by atoms with Crippen LogP contribution in [0.4, 0.5) is 4.39 Å². The summed E-state index contributed by atoms with van der Waals surface area (Å²) in [7, 11) is 0. The number of phenols is 1. The van der Waals surface area contributed by atoms with Crippen LogP contribution in [0.2, 0.25) is 0 Å². The molecule has 0 bridgehead atoms. The summed E-state index contributed by atoms with van der Waals surface area (Å²) in [6, 6.07) is 9.49. The van der Waals surface area contributed by atoms with Gasteiger partial charge in [0, 0.05) is 4.47 Å². The number of phenolic OH excluding ortho intramolecular Hbond substituents is 1. The van der Waals surface area contributed by atoms with Gasteiger partial charge in [0.2, 0.25) is 0 Å². The molecule has 2 aromatic carbocycles. The van der Waals surface area contributed by atoms with Gasteiger partial charge < -0.3 is 5.11 Å². The first-order valence-electron chi connectivity index (χ1n) is 5.83. The van der Waals surface area contributed by atoms with E-state index in [1.54, 1.807) is 12.1 Å². The van der Waals surface area contributed by atoms with Crippen molar-refractivity contribution >= 4 is 27.7 Å². The monoisotopic (exact) mass is 352 g/mol. The summed E-state index contributed by atoms with van der Waals surface area (Å²) in [6.45, 7) is 0. The van der Waals surface area contributed by atoms with Gasteiger partial charge in [0.05, 0.1) is 11.1 Å². The van der Waals surface area contributed by atoms with E-state index in [0.29, 0.717) is 4.47 Å². The standard InChI is InChI=1S/C14H10BrFN2O3/c15-11-6-5-8(16)7-10(11)14(21)18-17-13(20)9-3-1-2-4-12(9)19/h1-7,19H,(H,17,20)(H,18,21). The Morgan fingerprint density at radius 1 is 1.00 bits per heavy atom. The van der Waals surface area contributed by atoms with Crippen LogP contribution in [0, 0.1) is 5.82 Å². The third-order valence-corrected chi connectivity index (χ3v) is 3.30. The van der Waals surface area contributed by atoms with Crippen LogP contribution in [0.1, 0.15) is 20.7 Å². The van der Waals surface area contributed by atoms with Gasteiger partial charge in [0.15, 0.2) is 0 Å². The van der Waals surface area contributed by atoms with Crippen molar-refractivity contribution in [3.63, 3.8) is 0 Å². The Labute approximate surface area is 127 Å². The summed E-state index contributed by atoms with van der Waals surface area (Å²) in [5.41, 5.74) is 4.33. The minimum absolute atomic E-state index is 0.0103. The molecule has 7 heteroatoms. The number of halogens is 2. The SMILES string of the molecule is O=C(NNC(=O)c1cc(F)ccc1Br)c1ccccc1O. The number of carbonyl (C=O) groups excluding carboxylic acids is 2. The van der Waals surface area contributed by atoms with E-state index in [9.17, 15) is 19.1 Å². The molecule has 0 aliphatic heterocycles. The lowest BCUT2D eigenvalue weighted by molar-refractivity contribution is 0.0844. The van der Waals surface area contributed by atoms with E-state index >= 15 is 0 Å². The molecule has 0 spiro atoms. The molecule has 0 unspecified atom stereocenters. The Kier molecular flexibility index (Phi) is 4.54. The van der Waals surface area contributed by atoms with Crippen LogP contribution in [-0.4, -0.2) is 16.9 Å². The number of carbonyl (C=O) groups is 2. The second kappa shape index (κ2) is 6.36. The number of benzene rings is 2. The zero-order valence-electron chi connectivity index (χ0n) is 10.6. The highest BCUT2D eigenvalue weighted by atomic mass is 79.9. The Bertz CT molecular complexity index is 706. The first kappa shape index (κ1) is 15.0. The summed E-state index contributed by atoms with van der Waals surface area (Å²) >= 11 is 3.11. The van der Waals surface area contributed by atoms with Gasteiger partial charge in [-0.15, -0.1) is 0 Å². The molecule has 2 rings (SSSR count). The molecule has 2 amide bonds. The molecule has 21 heavy (non-hydrogen) atoms. The van der Waals surface area contributed by atoms with Crippen molar-refractivity contribution in [2.45, 2.75) is 0 Å². The van der Waals surface area contributed by atoms with Crippen LogP contribution in [0.15, 0.2) is 46.9 Å². The van der Waals surface area contributed by atoms with Crippen LogP contribution in [0.3, 0.4) is 0 Å². The Balaban J connectivity index is 2.06. The lowest BCUT2D eigenvalue weighted by atomic mass is 10.2. The molecule has 0 aromatic heterocycles. The van der Waals surface area contributed by atoms with E-state index in [1.807, 2.05) is 0 Å². The fourth-order valence-corrected chi connectivity index (χ4v) is 2.01. The molecular weight excluding hydrogens is 343 g/mol. The highest BCUT2D eigenvalue weighted by molar-refractivity contribution is 9.10. The van der Waals surface area contributed by atoms with E-state index in [4.69, 9.17) is 0 Å². The van der Waals surface area contributed by atoms with Crippen LogP contribution in [0.5, 0.6) is 5.75 Å². The average Bonchev–Trinajstić information content (AvgIpc) is 2.47. The number of para-hydroxylation sites is 1. The van der Waals surface area contributed by atoms with Crippen molar-refractivity contribution in [2.75, 3.05) is 0 Å². The molecule has 0 fully saturated rings. The van der Waals surface area contributed by atoms with E-state index < -0.39 is 17.6 Å². The predicted molar refractivity (Wildman–Crippen MR) is 77.1 cm³/mol. The maximum atomic E-state index is 13.1. The second-order valence-electron chi connectivity index (χ2n) is 4.05. The van der Waals surface area contributed by atoms with Crippen molar-refractivity contribution in [2.24, 2.45) is 0 Å². The van der Waals surface area contributed by atoms with Crippen molar-refractivity contribution in [1.82, 2.24) is 10.9 Å². The second-order valence-corrected chi connectivity index (χ2v) is 4.90.